The van der Waals surface area contributed by atoms with Gasteiger partial charge in [-0.15, -0.1) is 0 Å². The number of amides is 2. The SMILES string of the molecule is CC(=O)N1CCC[C@H](c2cc3cccnc3n2CC(=O)N(C)C)C1. The fourth-order valence-corrected chi connectivity index (χ4v) is 3.39. The topological polar surface area (TPSA) is 58.4 Å². The molecule has 0 spiro atoms. The Kier molecular flexibility index (Phi) is 4.55. The van der Waals surface area contributed by atoms with Crippen molar-refractivity contribution < 1.29 is 9.59 Å². The van der Waals surface area contributed by atoms with Crippen LogP contribution in [0.2, 0.25) is 0 Å². The third-order valence-corrected chi connectivity index (χ3v) is 4.76. The smallest absolute Gasteiger partial charge is 0.242 e. The molecule has 1 fully saturated rings. The van der Waals surface area contributed by atoms with Gasteiger partial charge in [0.1, 0.15) is 12.2 Å². The molecule has 0 unspecified atom stereocenters. The van der Waals surface area contributed by atoms with E-state index in [-0.39, 0.29) is 24.3 Å². The van der Waals surface area contributed by atoms with Gasteiger partial charge < -0.3 is 14.4 Å². The van der Waals surface area contributed by atoms with Gasteiger partial charge in [-0.2, -0.15) is 0 Å². The van der Waals surface area contributed by atoms with E-state index in [1.54, 1.807) is 32.1 Å². The minimum absolute atomic E-state index is 0.0404. The van der Waals surface area contributed by atoms with Gasteiger partial charge in [-0.05, 0) is 31.0 Å². The molecule has 0 N–H and O–H groups in total. The van der Waals surface area contributed by atoms with Gasteiger partial charge in [-0.1, -0.05) is 0 Å². The summed E-state index contributed by atoms with van der Waals surface area (Å²) in [6, 6.07) is 6.06. The highest BCUT2D eigenvalue weighted by atomic mass is 16.2. The molecule has 0 bridgehead atoms. The lowest BCUT2D eigenvalue weighted by molar-refractivity contribution is -0.130. The summed E-state index contributed by atoms with van der Waals surface area (Å²) < 4.78 is 2.02. The van der Waals surface area contributed by atoms with Crippen LogP contribution in [0.15, 0.2) is 24.4 Å². The van der Waals surface area contributed by atoms with Crippen molar-refractivity contribution in [3.05, 3.63) is 30.1 Å². The Hall–Kier alpha value is -2.37. The Bertz CT molecular complexity index is 765. The van der Waals surface area contributed by atoms with E-state index in [1.165, 1.54) is 0 Å². The molecule has 6 nitrogen and oxygen atoms in total. The zero-order chi connectivity index (χ0) is 17.3. The number of piperidine rings is 1. The van der Waals surface area contributed by atoms with E-state index >= 15 is 0 Å². The van der Waals surface area contributed by atoms with Crippen molar-refractivity contribution in [2.75, 3.05) is 27.2 Å². The number of nitrogens with zero attached hydrogens (tertiary/aromatic N) is 4. The Morgan fingerprint density at radius 1 is 1.38 bits per heavy atom. The molecule has 128 valence electrons. The van der Waals surface area contributed by atoms with Gasteiger partial charge in [0, 0.05) is 57.3 Å². The van der Waals surface area contributed by atoms with Crippen LogP contribution in [0.25, 0.3) is 11.0 Å². The maximum Gasteiger partial charge on any atom is 0.242 e. The summed E-state index contributed by atoms with van der Waals surface area (Å²) >= 11 is 0. The van der Waals surface area contributed by atoms with Crippen molar-refractivity contribution in [3.8, 4) is 0 Å². The fourth-order valence-electron chi connectivity index (χ4n) is 3.39. The molecule has 0 aliphatic carbocycles. The van der Waals surface area contributed by atoms with Gasteiger partial charge in [0.05, 0.1) is 0 Å². The second-order valence-corrected chi connectivity index (χ2v) is 6.66. The van der Waals surface area contributed by atoms with Gasteiger partial charge in [0.25, 0.3) is 0 Å². The fraction of sp³-hybridized carbons (Fsp3) is 0.500. The largest absolute Gasteiger partial charge is 0.347 e. The Morgan fingerprint density at radius 3 is 2.88 bits per heavy atom. The number of aromatic nitrogens is 2. The molecule has 3 heterocycles. The summed E-state index contributed by atoms with van der Waals surface area (Å²) in [7, 11) is 3.53. The molecule has 1 aliphatic heterocycles. The summed E-state index contributed by atoms with van der Waals surface area (Å²) in [5.74, 6) is 0.398. The van der Waals surface area contributed by atoms with E-state index in [2.05, 4.69) is 11.1 Å². The quantitative estimate of drug-likeness (QED) is 0.864. The van der Waals surface area contributed by atoms with E-state index in [0.29, 0.717) is 6.54 Å². The predicted molar refractivity (Wildman–Crippen MR) is 92.7 cm³/mol. The third-order valence-electron chi connectivity index (χ3n) is 4.76. The van der Waals surface area contributed by atoms with Crippen LogP contribution in [0, 0.1) is 0 Å². The van der Waals surface area contributed by atoms with Crippen LogP contribution >= 0.6 is 0 Å². The van der Waals surface area contributed by atoms with Gasteiger partial charge >= 0.3 is 0 Å². The second-order valence-electron chi connectivity index (χ2n) is 6.66. The van der Waals surface area contributed by atoms with Crippen molar-refractivity contribution in [1.29, 1.82) is 0 Å². The molecular formula is C18H24N4O2. The Morgan fingerprint density at radius 2 is 2.17 bits per heavy atom. The lowest BCUT2D eigenvalue weighted by atomic mass is 9.94. The summed E-state index contributed by atoms with van der Waals surface area (Å²) in [6.45, 7) is 3.43. The molecule has 1 saturated heterocycles. The molecule has 0 radical (unpaired) electrons. The number of fused-ring (bicyclic) bond motifs is 1. The number of pyridine rings is 1. The van der Waals surface area contributed by atoms with Crippen LogP contribution in [0.5, 0.6) is 0 Å². The lowest BCUT2D eigenvalue weighted by Crippen LogP contribution is -2.38. The normalized spacial score (nSPS) is 18.0. The van der Waals surface area contributed by atoms with Gasteiger partial charge in [0.2, 0.25) is 11.8 Å². The Balaban J connectivity index is 2.00. The first-order valence-electron chi connectivity index (χ1n) is 8.37. The van der Waals surface area contributed by atoms with Crippen molar-refractivity contribution in [2.45, 2.75) is 32.2 Å². The van der Waals surface area contributed by atoms with E-state index in [9.17, 15) is 9.59 Å². The molecule has 3 rings (SSSR count). The minimum atomic E-state index is 0.0404. The van der Waals surface area contributed by atoms with Crippen LogP contribution in [-0.2, 0) is 16.1 Å². The number of hydrogen-bond donors (Lipinski definition) is 0. The average molecular weight is 328 g/mol. The number of likely N-dealkylation sites (N-methyl/N-ethyl adjacent to an activating group) is 1. The number of likely N-dealkylation sites (tertiary alicyclic amines) is 1. The summed E-state index contributed by atoms with van der Waals surface area (Å²) in [4.78, 5) is 32.0. The highest BCUT2D eigenvalue weighted by Crippen LogP contribution is 2.31. The second kappa shape index (κ2) is 6.63. The van der Waals surface area contributed by atoms with Gasteiger partial charge in [0.15, 0.2) is 0 Å². The van der Waals surface area contributed by atoms with E-state index in [4.69, 9.17) is 0 Å². The molecule has 24 heavy (non-hydrogen) atoms. The van der Waals surface area contributed by atoms with Gasteiger partial charge in [-0.3, -0.25) is 9.59 Å². The number of carbonyl (C=O) groups excluding carboxylic acids is 2. The monoisotopic (exact) mass is 328 g/mol. The maximum absolute atomic E-state index is 12.3. The summed E-state index contributed by atoms with van der Waals surface area (Å²) in [6.07, 6.45) is 3.77. The van der Waals surface area contributed by atoms with Crippen LogP contribution in [0.3, 0.4) is 0 Å². The molecule has 2 aromatic heterocycles. The molecule has 2 amide bonds. The van der Waals surface area contributed by atoms with Crippen LogP contribution in [0.1, 0.15) is 31.4 Å². The van der Waals surface area contributed by atoms with Crippen molar-refractivity contribution >= 4 is 22.8 Å². The first-order chi connectivity index (χ1) is 11.5. The summed E-state index contributed by atoms with van der Waals surface area (Å²) in [5, 5.41) is 1.04. The molecule has 1 aliphatic rings. The van der Waals surface area contributed by atoms with Crippen molar-refractivity contribution in [2.24, 2.45) is 0 Å². The first kappa shape index (κ1) is 16.5. The van der Waals surface area contributed by atoms with Crippen LogP contribution in [-0.4, -0.2) is 58.4 Å². The third kappa shape index (κ3) is 3.13. The molecule has 1 atom stereocenters. The zero-order valence-electron chi connectivity index (χ0n) is 14.5. The molecule has 2 aromatic rings. The van der Waals surface area contributed by atoms with E-state index in [1.807, 2.05) is 21.6 Å². The number of carbonyl (C=O) groups is 2. The molecule has 0 saturated carbocycles. The molecule has 6 heteroatoms. The number of hydrogen-bond acceptors (Lipinski definition) is 3. The first-order valence-corrected chi connectivity index (χ1v) is 8.37. The molecular weight excluding hydrogens is 304 g/mol. The average Bonchev–Trinajstić information content (AvgIpc) is 2.93. The van der Waals surface area contributed by atoms with Crippen molar-refractivity contribution in [3.63, 3.8) is 0 Å². The minimum Gasteiger partial charge on any atom is -0.347 e. The summed E-state index contributed by atoms with van der Waals surface area (Å²) in [5.41, 5.74) is 1.94. The van der Waals surface area contributed by atoms with Crippen LogP contribution < -0.4 is 0 Å². The number of rotatable bonds is 3. The van der Waals surface area contributed by atoms with Crippen molar-refractivity contribution in [1.82, 2.24) is 19.4 Å². The van der Waals surface area contributed by atoms with E-state index < -0.39 is 0 Å². The van der Waals surface area contributed by atoms with Crippen LogP contribution in [0.4, 0.5) is 0 Å². The highest BCUT2D eigenvalue weighted by Gasteiger charge is 2.27. The van der Waals surface area contributed by atoms with E-state index in [0.717, 1.165) is 36.1 Å². The Labute approximate surface area is 142 Å². The van der Waals surface area contributed by atoms with Gasteiger partial charge in [-0.25, -0.2) is 4.98 Å². The maximum atomic E-state index is 12.3. The highest BCUT2D eigenvalue weighted by molar-refractivity contribution is 5.82. The predicted octanol–water partition coefficient (Wildman–Crippen LogP) is 1.85. The zero-order valence-corrected chi connectivity index (χ0v) is 14.5. The standard InChI is InChI=1S/C18H24N4O2/c1-13(23)21-9-5-7-15(11-21)16-10-14-6-4-8-19-18(14)22(16)12-17(24)20(2)3/h4,6,8,10,15H,5,7,9,11-12H2,1-3H3/t15-/m0/s1. The lowest BCUT2D eigenvalue weighted by Gasteiger charge is -2.32. The molecule has 0 aromatic carbocycles.